The van der Waals surface area contributed by atoms with Gasteiger partial charge in [-0.3, -0.25) is 0 Å². The van der Waals surface area contributed by atoms with Gasteiger partial charge in [0.25, 0.3) is 0 Å². The van der Waals surface area contributed by atoms with Crippen LogP contribution in [0.25, 0.3) is 0 Å². The van der Waals surface area contributed by atoms with Crippen molar-refractivity contribution in [3.05, 3.63) is 70.0 Å². The number of likely N-dealkylation sites (N-methyl/N-ethyl adjacent to an activating group) is 1. The first-order chi connectivity index (χ1) is 10.0. The summed E-state index contributed by atoms with van der Waals surface area (Å²) in [6.45, 7) is 2.42. The van der Waals surface area contributed by atoms with Crippen molar-refractivity contribution in [2.45, 2.75) is 19.4 Å². The highest BCUT2D eigenvalue weighted by atomic mass is 35.5. The van der Waals surface area contributed by atoms with E-state index in [1.54, 1.807) is 0 Å². The Hall–Kier alpha value is -1.52. The molecule has 0 saturated carbocycles. The maximum atomic E-state index is 13.9. The van der Waals surface area contributed by atoms with Crippen LogP contribution in [-0.4, -0.2) is 6.54 Å². The number of benzene rings is 2. The number of rotatable bonds is 5. The molecule has 0 aliphatic heterocycles. The molecule has 2 aromatic rings. The van der Waals surface area contributed by atoms with Gasteiger partial charge in [0.1, 0.15) is 5.82 Å². The topological polar surface area (TPSA) is 12.0 Å². The lowest BCUT2D eigenvalue weighted by molar-refractivity contribution is 0.464. The number of hydrogen-bond acceptors (Lipinski definition) is 1. The molecule has 2 aromatic carbocycles. The van der Waals surface area contributed by atoms with Crippen molar-refractivity contribution in [3.8, 4) is 0 Å². The molecule has 0 radical (unpaired) electrons. The number of halogens is 4. The van der Waals surface area contributed by atoms with E-state index in [4.69, 9.17) is 11.6 Å². The van der Waals surface area contributed by atoms with E-state index in [0.717, 1.165) is 6.07 Å². The molecular weight excluding hydrogens is 299 g/mol. The van der Waals surface area contributed by atoms with Gasteiger partial charge in [-0.1, -0.05) is 30.7 Å². The van der Waals surface area contributed by atoms with E-state index in [0.29, 0.717) is 17.1 Å². The molecule has 21 heavy (non-hydrogen) atoms. The Morgan fingerprint density at radius 1 is 1.14 bits per heavy atom. The highest BCUT2D eigenvalue weighted by Gasteiger charge is 2.19. The second-order valence-corrected chi connectivity index (χ2v) is 5.10. The average molecular weight is 314 g/mol. The van der Waals surface area contributed by atoms with Crippen molar-refractivity contribution < 1.29 is 13.2 Å². The summed E-state index contributed by atoms with van der Waals surface area (Å²) in [7, 11) is 0. The Bertz CT molecular complexity index is 631. The second-order valence-electron chi connectivity index (χ2n) is 4.69. The van der Waals surface area contributed by atoms with Crippen LogP contribution in [0.4, 0.5) is 13.2 Å². The molecule has 1 atom stereocenters. The van der Waals surface area contributed by atoms with Gasteiger partial charge in [-0.05, 0) is 42.8 Å². The van der Waals surface area contributed by atoms with Crippen molar-refractivity contribution in [2.24, 2.45) is 0 Å². The fourth-order valence-corrected chi connectivity index (χ4v) is 2.44. The summed E-state index contributed by atoms with van der Waals surface area (Å²) >= 11 is 6.04. The van der Waals surface area contributed by atoms with E-state index in [9.17, 15) is 13.2 Å². The Balaban J connectivity index is 2.35. The SMILES string of the molecule is CCNC(Cc1cc(F)ccc1Cl)c1cccc(F)c1F. The monoisotopic (exact) mass is 313 g/mol. The van der Waals surface area contributed by atoms with Crippen molar-refractivity contribution in [2.75, 3.05) is 6.54 Å². The minimum atomic E-state index is -0.902. The predicted molar refractivity (Wildman–Crippen MR) is 77.9 cm³/mol. The van der Waals surface area contributed by atoms with Gasteiger partial charge >= 0.3 is 0 Å². The van der Waals surface area contributed by atoms with Gasteiger partial charge in [0.2, 0.25) is 0 Å². The van der Waals surface area contributed by atoms with Crippen LogP contribution >= 0.6 is 11.6 Å². The predicted octanol–water partition coefficient (Wildman–Crippen LogP) is 4.65. The largest absolute Gasteiger partial charge is 0.310 e. The van der Waals surface area contributed by atoms with Gasteiger partial charge < -0.3 is 5.32 Å². The molecule has 1 unspecified atom stereocenters. The van der Waals surface area contributed by atoms with Crippen molar-refractivity contribution in [3.63, 3.8) is 0 Å². The average Bonchev–Trinajstić information content (AvgIpc) is 2.45. The van der Waals surface area contributed by atoms with E-state index in [2.05, 4.69) is 5.32 Å². The fourth-order valence-electron chi connectivity index (χ4n) is 2.25. The molecular formula is C16H15ClF3N. The molecule has 1 N–H and O–H groups in total. The van der Waals surface area contributed by atoms with Crippen molar-refractivity contribution in [1.29, 1.82) is 0 Å². The maximum Gasteiger partial charge on any atom is 0.163 e. The highest BCUT2D eigenvalue weighted by molar-refractivity contribution is 6.31. The summed E-state index contributed by atoms with van der Waals surface area (Å²) in [5, 5.41) is 3.47. The Morgan fingerprint density at radius 3 is 2.62 bits per heavy atom. The quantitative estimate of drug-likeness (QED) is 0.847. The molecule has 5 heteroatoms. The zero-order valence-corrected chi connectivity index (χ0v) is 12.2. The molecule has 112 valence electrons. The minimum Gasteiger partial charge on any atom is -0.310 e. The molecule has 0 aliphatic rings. The summed E-state index contributed by atoms with van der Waals surface area (Å²) in [6.07, 6.45) is 0.269. The normalized spacial score (nSPS) is 12.4. The Labute approximate surface area is 126 Å². The first kappa shape index (κ1) is 15.9. The summed E-state index contributed by atoms with van der Waals surface area (Å²) in [5.41, 5.74) is 0.753. The lowest BCUT2D eigenvalue weighted by Gasteiger charge is -2.20. The van der Waals surface area contributed by atoms with Crippen LogP contribution in [0, 0.1) is 17.5 Å². The molecule has 0 amide bonds. The van der Waals surface area contributed by atoms with E-state index < -0.39 is 23.5 Å². The molecule has 0 heterocycles. The van der Waals surface area contributed by atoms with Crippen LogP contribution < -0.4 is 5.32 Å². The lowest BCUT2D eigenvalue weighted by atomic mass is 9.98. The fraction of sp³-hybridized carbons (Fsp3) is 0.250. The van der Waals surface area contributed by atoms with Gasteiger partial charge in [0, 0.05) is 16.6 Å². The Morgan fingerprint density at radius 2 is 1.90 bits per heavy atom. The first-order valence-corrected chi connectivity index (χ1v) is 7.02. The molecule has 0 saturated heterocycles. The molecule has 0 bridgehead atoms. The van der Waals surface area contributed by atoms with Gasteiger partial charge in [0.05, 0.1) is 0 Å². The van der Waals surface area contributed by atoms with Crippen LogP contribution in [-0.2, 0) is 6.42 Å². The summed E-state index contributed by atoms with van der Waals surface area (Å²) in [6, 6.07) is 7.57. The van der Waals surface area contributed by atoms with Crippen LogP contribution in [0.1, 0.15) is 24.1 Å². The third-order valence-electron chi connectivity index (χ3n) is 3.24. The first-order valence-electron chi connectivity index (χ1n) is 6.64. The molecule has 1 nitrogen and oxygen atoms in total. The number of nitrogens with one attached hydrogen (secondary N) is 1. The third-order valence-corrected chi connectivity index (χ3v) is 3.61. The molecule has 2 rings (SSSR count). The Kier molecular flexibility index (Phi) is 5.26. The highest BCUT2D eigenvalue weighted by Crippen LogP contribution is 2.26. The lowest BCUT2D eigenvalue weighted by Crippen LogP contribution is -2.24. The molecule has 0 fully saturated rings. The smallest absolute Gasteiger partial charge is 0.163 e. The summed E-state index contributed by atoms with van der Waals surface area (Å²) in [4.78, 5) is 0. The minimum absolute atomic E-state index is 0.206. The van der Waals surface area contributed by atoms with Crippen LogP contribution in [0.5, 0.6) is 0 Å². The van der Waals surface area contributed by atoms with E-state index in [-0.39, 0.29) is 12.0 Å². The van der Waals surface area contributed by atoms with Crippen molar-refractivity contribution in [1.82, 2.24) is 5.32 Å². The van der Waals surface area contributed by atoms with E-state index >= 15 is 0 Å². The molecule has 0 aliphatic carbocycles. The van der Waals surface area contributed by atoms with E-state index in [1.807, 2.05) is 6.92 Å². The van der Waals surface area contributed by atoms with Gasteiger partial charge in [0.15, 0.2) is 11.6 Å². The van der Waals surface area contributed by atoms with Crippen LogP contribution in [0.15, 0.2) is 36.4 Å². The zero-order valence-electron chi connectivity index (χ0n) is 11.5. The summed E-state index contributed by atoms with van der Waals surface area (Å²) in [5.74, 6) is -2.21. The van der Waals surface area contributed by atoms with Crippen LogP contribution in [0.3, 0.4) is 0 Å². The van der Waals surface area contributed by atoms with Gasteiger partial charge in [-0.25, -0.2) is 13.2 Å². The standard InChI is InChI=1S/C16H15ClF3N/c1-2-21-15(12-4-3-5-14(19)16(12)20)9-10-8-11(18)6-7-13(10)17/h3-8,15,21H,2,9H2,1H3. The maximum absolute atomic E-state index is 13.9. The van der Waals surface area contributed by atoms with Crippen molar-refractivity contribution >= 4 is 11.6 Å². The molecule has 0 aromatic heterocycles. The van der Waals surface area contributed by atoms with Crippen LogP contribution in [0.2, 0.25) is 5.02 Å². The van der Waals surface area contributed by atoms with Gasteiger partial charge in [-0.2, -0.15) is 0 Å². The van der Waals surface area contributed by atoms with Gasteiger partial charge in [-0.15, -0.1) is 0 Å². The third kappa shape index (κ3) is 3.77. The second kappa shape index (κ2) is 6.96. The number of hydrogen-bond donors (Lipinski definition) is 1. The zero-order chi connectivity index (χ0) is 15.4. The summed E-state index contributed by atoms with van der Waals surface area (Å²) < 4.78 is 40.6. The molecule has 0 spiro atoms. The van der Waals surface area contributed by atoms with E-state index in [1.165, 1.54) is 30.3 Å².